The normalized spacial score (nSPS) is 15.0. The van der Waals surface area contributed by atoms with Crippen molar-refractivity contribution < 1.29 is 38.4 Å². The second-order valence-corrected chi connectivity index (χ2v) is 18.9. The lowest BCUT2D eigenvalue weighted by molar-refractivity contribution is -0.892. The van der Waals surface area contributed by atoms with Crippen LogP contribution in [0.1, 0.15) is 189 Å². The summed E-state index contributed by atoms with van der Waals surface area (Å²) in [5, 5.41) is 31.2. The van der Waals surface area contributed by atoms with Gasteiger partial charge in [0.15, 0.2) is 0 Å². The van der Waals surface area contributed by atoms with Crippen LogP contribution in [-0.4, -0.2) is 93.1 Å². The molecule has 0 saturated heterocycles. The Morgan fingerprint density at radius 1 is 0.500 bits per heavy atom. The Kier molecular flexibility index (Phi) is 28.8. The van der Waals surface area contributed by atoms with Crippen molar-refractivity contribution in [3.63, 3.8) is 0 Å². The average molecular weight is 794 g/mol. The highest BCUT2D eigenvalue weighted by atomic mass is 16.4. The first kappa shape index (κ1) is 53.8. The molecule has 0 aliphatic rings. The largest absolute Gasteiger partial charge is 0.544 e. The monoisotopic (exact) mass is 794 g/mol. The third kappa shape index (κ3) is 23.3. The van der Waals surface area contributed by atoms with Crippen LogP contribution >= 0.6 is 0 Å². The second kappa shape index (κ2) is 29.9. The molecule has 0 heterocycles. The zero-order valence-corrected chi connectivity index (χ0v) is 38.3. The van der Waals surface area contributed by atoms with Gasteiger partial charge in [-0.05, 0) is 31.6 Å². The Bertz CT molecular complexity index is 1070. The summed E-state index contributed by atoms with van der Waals surface area (Å²) in [7, 11) is 10.6. The van der Waals surface area contributed by atoms with Crippen molar-refractivity contribution in [3.05, 3.63) is 6.04 Å². The molecule has 0 bridgehead atoms. The van der Waals surface area contributed by atoms with Crippen LogP contribution in [0.25, 0.3) is 0 Å². The summed E-state index contributed by atoms with van der Waals surface area (Å²) in [6.07, 6.45) is 24.7. The SMILES string of the molecule is CCCCCCCCCCC(C(=O)N[C](CC)C(CC)NC(=O)C(CCCCCCCCCCCCCC(C)C)C(C(=O)[O-])[N+](C)(C)C)C(C(=O)[O-])[N+](C)(C)C. The van der Waals surface area contributed by atoms with Gasteiger partial charge in [-0.3, -0.25) is 9.59 Å². The van der Waals surface area contributed by atoms with Crippen molar-refractivity contribution in [2.45, 2.75) is 207 Å². The van der Waals surface area contributed by atoms with E-state index in [2.05, 4.69) is 31.4 Å². The number of hydrogen-bond donors (Lipinski definition) is 2. The maximum Gasteiger partial charge on any atom is 0.230 e. The van der Waals surface area contributed by atoms with Crippen molar-refractivity contribution in [2.24, 2.45) is 17.8 Å². The molecule has 56 heavy (non-hydrogen) atoms. The van der Waals surface area contributed by atoms with Gasteiger partial charge < -0.3 is 39.4 Å². The van der Waals surface area contributed by atoms with E-state index in [0.717, 1.165) is 57.3 Å². The maximum atomic E-state index is 14.1. The number of carboxylic acids is 2. The maximum absolute atomic E-state index is 14.1. The fourth-order valence-electron chi connectivity index (χ4n) is 8.30. The van der Waals surface area contributed by atoms with E-state index < -0.39 is 41.9 Å². The quantitative estimate of drug-likeness (QED) is 0.0514. The lowest BCUT2D eigenvalue weighted by Crippen LogP contribution is -2.62. The van der Waals surface area contributed by atoms with Crippen molar-refractivity contribution in [1.82, 2.24) is 10.6 Å². The van der Waals surface area contributed by atoms with E-state index in [1.807, 2.05) is 13.8 Å². The number of amides is 2. The van der Waals surface area contributed by atoms with Crippen LogP contribution in [0.3, 0.4) is 0 Å². The van der Waals surface area contributed by atoms with Crippen LogP contribution in [0.4, 0.5) is 0 Å². The zero-order valence-electron chi connectivity index (χ0n) is 38.3. The lowest BCUT2D eigenvalue weighted by Gasteiger charge is -2.40. The number of carboxylic acid groups (broad SMARTS) is 2. The van der Waals surface area contributed by atoms with E-state index in [-0.39, 0.29) is 20.8 Å². The summed E-state index contributed by atoms with van der Waals surface area (Å²) in [5.41, 5.74) is 0. The van der Waals surface area contributed by atoms with Crippen LogP contribution in [0.2, 0.25) is 0 Å². The molecule has 10 nitrogen and oxygen atoms in total. The number of aliphatic carboxylic acids is 2. The molecule has 0 rings (SSSR count). The van der Waals surface area contributed by atoms with E-state index in [9.17, 15) is 29.4 Å². The number of likely N-dealkylation sites (N-methyl/N-ethyl adjacent to an activating group) is 2. The van der Waals surface area contributed by atoms with E-state index in [0.29, 0.717) is 31.7 Å². The first-order valence-corrected chi connectivity index (χ1v) is 22.8. The standard InChI is InChI=1S/C46H89N4O6/c1-12-15-16-17-18-25-28-31-34-37(41(45(53)54)49(6,7)8)43(51)47-39(13-2)40(14-3)48-44(52)38(42(46(55)56)50(9,10)11)35-32-29-26-23-21-19-20-22-24-27-30-33-36(4)5/h36-38,40-42H,12-35H2,1-11H3,(H2-2,47,48,51,52,53,54,55,56). The number of quaternary nitrogens is 2. The summed E-state index contributed by atoms with van der Waals surface area (Å²) in [5.74, 6) is -4.08. The van der Waals surface area contributed by atoms with Gasteiger partial charge in [0.05, 0.1) is 66.2 Å². The minimum atomic E-state index is -1.25. The minimum absolute atomic E-state index is 0.0445. The molecular weight excluding hydrogens is 705 g/mol. The number of hydrogen-bond acceptors (Lipinski definition) is 6. The van der Waals surface area contributed by atoms with Gasteiger partial charge in [-0.25, -0.2) is 0 Å². The van der Waals surface area contributed by atoms with Crippen LogP contribution < -0.4 is 20.8 Å². The van der Waals surface area contributed by atoms with Crippen LogP contribution in [0.5, 0.6) is 0 Å². The summed E-state index contributed by atoms with van der Waals surface area (Å²) in [6, 6.07) is -2.04. The molecule has 2 N–H and O–H groups in total. The van der Waals surface area contributed by atoms with Gasteiger partial charge in [-0.2, -0.15) is 0 Å². The fraction of sp³-hybridized carbons (Fsp3) is 0.891. The first-order valence-electron chi connectivity index (χ1n) is 22.8. The molecule has 5 atom stereocenters. The van der Waals surface area contributed by atoms with Crippen molar-refractivity contribution in [2.75, 3.05) is 42.3 Å². The molecule has 0 aromatic carbocycles. The van der Waals surface area contributed by atoms with E-state index >= 15 is 0 Å². The minimum Gasteiger partial charge on any atom is -0.544 e. The summed E-state index contributed by atoms with van der Waals surface area (Å²) in [6.45, 7) is 10.6. The number of nitrogens with zero attached hydrogens (tertiary/aromatic N) is 2. The van der Waals surface area contributed by atoms with Gasteiger partial charge in [-0.1, -0.05) is 163 Å². The second-order valence-electron chi connectivity index (χ2n) is 18.9. The van der Waals surface area contributed by atoms with E-state index in [4.69, 9.17) is 0 Å². The smallest absolute Gasteiger partial charge is 0.230 e. The molecule has 0 aromatic rings. The van der Waals surface area contributed by atoms with Crippen molar-refractivity contribution in [1.29, 1.82) is 0 Å². The Morgan fingerprint density at radius 2 is 0.839 bits per heavy atom. The Hall–Kier alpha value is -2.20. The van der Waals surface area contributed by atoms with Crippen molar-refractivity contribution >= 4 is 23.8 Å². The summed E-state index contributed by atoms with van der Waals surface area (Å²) < 4.78 is 0.0920. The molecule has 0 aliphatic heterocycles. The molecule has 0 aliphatic carbocycles. The molecule has 0 fully saturated rings. The van der Waals surface area contributed by atoms with E-state index in [1.54, 1.807) is 42.3 Å². The predicted molar refractivity (Wildman–Crippen MR) is 227 cm³/mol. The fourth-order valence-corrected chi connectivity index (χ4v) is 8.30. The Labute approximate surface area is 344 Å². The number of carbonyl (C=O) groups is 4. The van der Waals surface area contributed by atoms with Crippen molar-refractivity contribution in [3.8, 4) is 0 Å². The first-order chi connectivity index (χ1) is 26.3. The van der Waals surface area contributed by atoms with Gasteiger partial charge in [0.25, 0.3) is 0 Å². The third-order valence-corrected chi connectivity index (χ3v) is 11.6. The highest BCUT2D eigenvalue weighted by Gasteiger charge is 2.42. The highest BCUT2D eigenvalue weighted by Crippen LogP contribution is 2.26. The van der Waals surface area contributed by atoms with Gasteiger partial charge in [0.2, 0.25) is 11.8 Å². The molecule has 0 spiro atoms. The predicted octanol–water partition coefficient (Wildman–Crippen LogP) is 7.08. The van der Waals surface area contributed by atoms with Crippen LogP contribution in [0.15, 0.2) is 0 Å². The topological polar surface area (TPSA) is 138 Å². The Balaban J connectivity index is 5.62. The van der Waals surface area contributed by atoms with Gasteiger partial charge in [0.1, 0.15) is 24.0 Å². The average Bonchev–Trinajstić information content (AvgIpc) is 3.09. The molecule has 0 aromatic heterocycles. The van der Waals surface area contributed by atoms with Gasteiger partial charge in [0, 0.05) is 0 Å². The zero-order chi connectivity index (χ0) is 42.7. The molecule has 1 radical (unpaired) electrons. The van der Waals surface area contributed by atoms with Crippen LogP contribution in [0, 0.1) is 23.8 Å². The molecule has 10 heteroatoms. The third-order valence-electron chi connectivity index (χ3n) is 11.6. The lowest BCUT2D eigenvalue weighted by atomic mass is 9.88. The number of rotatable bonds is 36. The number of unbranched alkanes of at least 4 members (excludes halogenated alkanes) is 17. The highest BCUT2D eigenvalue weighted by molar-refractivity contribution is 5.87. The molecule has 5 unspecified atom stereocenters. The molecule has 0 saturated carbocycles. The van der Waals surface area contributed by atoms with Gasteiger partial charge >= 0.3 is 0 Å². The number of nitrogens with one attached hydrogen (secondary N) is 2. The summed E-state index contributed by atoms with van der Waals surface area (Å²) >= 11 is 0. The summed E-state index contributed by atoms with van der Waals surface area (Å²) in [4.78, 5) is 53.2. The Morgan fingerprint density at radius 3 is 1.14 bits per heavy atom. The van der Waals surface area contributed by atoms with Crippen LogP contribution in [-0.2, 0) is 19.2 Å². The molecule has 329 valence electrons. The van der Waals surface area contributed by atoms with E-state index in [1.165, 1.54) is 77.0 Å². The molecule has 2 amide bonds. The molecular formula is C46H89N4O6. The van der Waals surface area contributed by atoms with Gasteiger partial charge in [-0.15, -0.1) is 0 Å². The number of carbonyl (C=O) groups excluding carboxylic acids is 4.